The van der Waals surface area contributed by atoms with E-state index < -0.39 is 10.0 Å². The van der Waals surface area contributed by atoms with Crippen molar-refractivity contribution in [1.29, 1.82) is 0 Å². The summed E-state index contributed by atoms with van der Waals surface area (Å²) in [6.07, 6.45) is 0. The van der Waals surface area contributed by atoms with Gasteiger partial charge in [0.15, 0.2) is 6.54 Å². The van der Waals surface area contributed by atoms with Gasteiger partial charge in [-0.05, 0) is 50.2 Å². The van der Waals surface area contributed by atoms with Gasteiger partial charge in [0.25, 0.3) is 5.91 Å². The Balaban J connectivity index is 1.59. The van der Waals surface area contributed by atoms with E-state index in [-0.39, 0.29) is 18.3 Å². The molecule has 6 nitrogen and oxygen atoms in total. The summed E-state index contributed by atoms with van der Waals surface area (Å²) in [5.41, 5.74) is 1.68. The first kappa shape index (κ1) is 21.4. The summed E-state index contributed by atoms with van der Waals surface area (Å²) in [6, 6.07) is 12.7. The molecule has 3 rings (SSSR count). The SMILES string of the molecule is CCN(C(=O)C[NH+]1CCN(S(=O)(=O)c2ccc(C)cc2)CC1)c1ccc(F)cc1. The van der Waals surface area contributed by atoms with Gasteiger partial charge in [0, 0.05) is 12.2 Å². The van der Waals surface area contributed by atoms with E-state index in [0.717, 1.165) is 10.5 Å². The zero-order valence-corrected chi connectivity index (χ0v) is 17.6. The Kier molecular flexibility index (Phi) is 6.66. The maximum Gasteiger partial charge on any atom is 0.282 e. The highest BCUT2D eigenvalue weighted by molar-refractivity contribution is 7.89. The Morgan fingerprint density at radius 3 is 2.21 bits per heavy atom. The predicted octanol–water partition coefficient (Wildman–Crippen LogP) is 1.08. The molecule has 29 heavy (non-hydrogen) atoms. The molecule has 0 unspecified atom stereocenters. The number of carbonyl (C=O) groups is 1. The highest BCUT2D eigenvalue weighted by Gasteiger charge is 2.31. The number of nitrogens with zero attached hydrogens (tertiary/aromatic N) is 2. The maximum absolute atomic E-state index is 13.1. The topological polar surface area (TPSA) is 62.1 Å². The van der Waals surface area contributed by atoms with Crippen LogP contribution in [0.3, 0.4) is 0 Å². The summed E-state index contributed by atoms with van der Waals surface area (Å²) in [5.74, 6) is -0.391. The van der Waals surface area contributed by atoms with E-state index in [1.54, 1.807) is 41.3 Å². The fourth-order valence-electron chi connectivity index (χ4n) is 3.51. The van der Waals surface area contributed by atoms with Crippen molar-refractivity contribution in [3.05, 3.63) is 59.9 Å². The fraction of sp³-hybridized carbons (Fsp3) is 0.381. The number of rotatable bonds is 6. The molecular formula is C21H27FN3O3S+. The minimum Gasteiger partial charge on any atom is -0.325 e. The lowest BCUT2D eigenvalue weighted by Gasteiger charge is -2.32. The number of hydrogen-bond acceptors (Lipinski definition) is 3. The monoisotopic (exact) mass is 420 g/mol. The van der Waals surface area contributed by atoms with E-state index in [9.17, 15) is 17.6 Å². The van der Waals surface area contributed by atoms with Crippen molar-refractivity contribution in [2.24, 2.45) is 0 Å². The smallest absolute Gasteiger partial charge is 0.282 e. The molecule has 156 valence electrons. The Hall–Kier alpha value is -2.29. The third-order valence-corrected chi connectivity index (χ3v) is 7.16. The molecular weight excluding hydrogens is 393 g/mol. The molecule has 2 aromatic rings. The third kappa shape index (κ3) is 5.01. The highest BCUT2D eigenvalue weighted by Crippen LogP contribution is 2.17. The third-order valence-electron chi connectivity index (χ3n) is 5.25. The number of piperazine rings is 1. The van der Waals surface area contributed by atoms with Crippen molar-refractivity contribution >= 4 is 21.6 Å². The molecule has 2 aromatic carbocycles. The Labute approximate surface area is 171 Å². The first-order valence-electron chi connectivity index (χ1n) is 9.77. The van der Waals surface area contributed by atoms with Crippen LogP contribution in [0.5, 0.6) is 0 Å². The molecule has 0 atom stereocenters. The van der Waals surface area contributed by atoms with Crippen LogP contribution in [0.1, 0.15) is 12.5 Å². The van der Waals surface area contributed by atoms with Crippen molar-refractivity contribution in [2.45, 2.75) is 18.7 Å². The molecule has 1 amide bonds. The Morgan fingerprint density at radius 2 is 1.66 bits per heavy atom. The molecule has 1 N–H and O–H groups in total. The van der Waals surface area contributed by atoms with Crippen LogP contribution in [0, 0.1) is 12.7 Å². The van der Waals surface area contributed by atoms with Gasteiger partial charge in [-0.25, -0.2) is 12.8 Å². The lowest BCUT2D eigenvalue weighted by Crippen LogP contribution is -3.15. The van der Waals surface area contributed by atoms with E-state index >= 15 is 0 Å². The standard InChI is InChI=1S/C21H26FN3O3S/c1-3-25(19-8-6-18(22)7-9-19)21(26)16-23-12-14-24(15-13-23)29(27,28)20-10-4-17(2)5-11-20/h4-11H,3,12-16H2,1-2H3/p+1. The van der Waals surface area contributed by atoms with Crippen molar-refractivity contribution in [1.82, 2.24) is 4.31 Å². The van der Waals surface area contributed by atoms with Crippen LogP contribution in [0.25, 0.3) is 0 Å². The summed E-state index contributed by atoms with van der Waals surface area (Å²) >= 11 is 0. The number of likely N-dealkylation sites (N-methyl/N-ethyl adjacent to an activating group) is 1. The van der Waals surface area contributed by atoms with Crippen molar-refractivity contribution < 1.29 is 22.5 Å². The minimum atomic E-state index is -3.51. The Bertz CT molecular complexity index is 938. The van der Waals surface area contributed by atoms with Crippen LogP contribution in [-0.2, 0) is 14.8 Å². The van der Waals surface area contributed by atoms with Gasteiger partial charge in [0.05, 0.1) is 31.1 Å². The Morgan fingerprint density at radius 1 is 1.07 bits per heavy atom. The van der Waals surface area contributed by atoms with E-state index in [4.69, 9.17) is 0 Å². The predicted molar refractivity (Wildman–Crippen MR) is 110 cm³/mol. The quantitative estimate of drug-likeness (QED) is 0.761. The minimum absolute atomic E-state index is 0.0519. The molecule has 0 aliphatic carbocycles. The number of aryl methyl sites for hydroxylation is 1. The van der Waals surface area contributed by atoms with E-state index in [0.29, 0.717) is 43.3 Å². The number of nitrogens with one attached hydrogen (secondary N) is 1. The van der Waals surface area contributed by atoms with E-state index in [2.05, 4.69) is 0 Å². The highest BCUT2D eigenvalue weighted by atomic mass is 32.2. The van der Waals surface area contributed by atoms with Crippen LogP contribution in [0.15, 0.2) is 53.4 Å². The van der Waals surface area contributed by atoms with Crippen LogP contribution in [-0.4, -0.2) is 57.9 Å². The van der Waals surface area contributed by atoms with E-state index in [1.807, 2.05) is 13.8 Å². The van der Waals surface area contributed by atoms with Crippen LogP contribution < -0.4 is 9.80 Å². The first-order valence-corrected chi connectivity index (χ1v) is 11.2. The molecule has 1 aliphatic rings. The average Bonchev–Trinajstić information content (AvgIpc) is 2.71. The lowest BCUT2D eigenvalue weighted by atomic mass is 10.2. The molecule has 1 heterocycles. The summed E-state index contributed by atoms with van der Waals surface area (Å²) in [4.78, 5) is 15.7. The fourth-order valence-corrected chi connectivity index (χ4v) is 4.95. The summed E-state index contributed by atoms with van der Waals surface area (Å²) in [7, 11) is -3.51. The first-order chi connectivity index (χ1) is 13.8. The van der Waals surface area contributed by atoms with Gasteiger partial charge in [-0.3, -0.25) is 4.79 Å². The number of amides is 1. The second-order valence-electron chi connectivity index (χ2n) is 7.26. The van der Waals surface area contributed by atoms with Crippen LogP contribution in [0.2, 0.25) is 0 Å². The normalized spacial score (nSPS) is 16.0. The van der Waals surface area contributed by atoms with Crippen molar-refractivity contribution in [2.75, 3.05) is 44.2 Å². The number of quaternary nitrogens is 1. The van der Waals surface area contributed by atoms with E-state index in [1.165, 1.54) is 16.4 Å². The van der Waals surface area contributed by atoms with Gasteiger partial charge in [-0.1, -0.05) is 17.7 Å². The second kappa shape index (κ2) is 9.02. The number of anilines is 1. The molecule has 0 saturated carbocycles. The van der Waals surface area contributed by atoms with Crippen molar-refractivity contribution in [3.63, 3.8) is 0 Å². The number of benzene rings is 2. The number of carbonyl (C=O) groups excluding carboxylic acids is 1. The van der Waals surface area contributed by atoms with Crippen LogP contribution in [0.4, 0.5) is 10.1 Å². The average molecular weight is 421 g/mol. The lowest BCUT2D eigenvalue weighted by molar-refractivity contribution is -0.895. The molecule has 0 aromatic heterocycles. The molecule has 0 spiro atoms. The molecule has 1 saturated heterocycles. The summed E-state index contributed by atoms with van der Waals surface area (Å²) in [6.45, 7) is 6.46. The second-order valence-corrected chi connectivity index (χ2v) is 9.20. The zero-order valence-electron chi connectivity index (χ0n) is 16.8. The number of hydrogen-bond donors (Lipinski definition) is 1. The number of halogens is 1. The molecule has 0 radical (unpaired) electrons. The summed E-state index contributed by atoms with van der Waals surface area (Å²) < 4.78 is 40.2. The van der Waals surface area contributed by atoms with Gasteiger partial charge in [-0.2, -0.15) is 4.31 Å². The summed E-state index contributed by atoms with van der Waals surface area (Å²) in [5, 5.41) is 0. The largest absolute Gasteiger partial charge is 0.325 e. The molecule has 1 aliphatic heterocycles. The van der Waals surface area contributed by atoms with Gasteiger partial charge in [-0.15, -0.1) is 0 Å². The van der Waals surface area contributed by atoms with Gasteiger partial charge in [0.1, 0.15) is 5.82 Å². The van der Waals surface area contributed by atoms with Gasteiger partial charge >= 0.3 is 0 Å². The maximum atomic E-state index is 13.1. The van der Waals surface area contributed by atoms with Gasteiger partial charge < -0.3 is 9.80 Å². The zero-order chi connectivity index (χ0) is 21.0. The van der Waals surface area contributed by atoms with Crippen LogP contribution >= 0.6 is 0 Å². The molecule has 1 fully saturated rings. The number of sulfonamides is 1. The molecule has 8 heteroatoms. The van der Waals surface area contributed by atoms with Gasteiger partial charge in [0.2, 0.25) is 10.0 Å². The van der Waals surface area contributed by atoms with Crippen molar-refractivity contribution in [3.8, 4) is 0 Å². The molecule has 0 bridgehead atoms.